The van der Waals surface area contributed by atoms with Gasteiger partial charge in [-0.1, -0.05) is 104 Å². The first-order valence-corrected chi connectivity index (χ1v) is 17.2. The molecule has 43 heavy (non-hydrogen) atoms. The van der Waals surface area contributed by atoms with Gasteiger partial charge < -0.3 is 4.90 Å². The van der Waals surface area contributed by atoms with Gasteiger partial charge in [0.25, 0.3) is 0 Å². The van der Waals surface area contributed by atoms with Crippen molar-refractivity contribution in [3.05, 3.63) is 86.9 Å². The molecule has 230 valence electrons. The van der Waals surface area contributed by atoms with Gasteiger partial charge in [0, 0.05) is 11.4 Å². The maximum atomic E-state index is 7.28. The van der Waals surface area contributed by atoms with Crippen LogP contribution in [-0.4, -0.2) is 0 Å². The smallest absolute Gasteiger partial charge is 0.0833 e. The van der Waals surface area contributed by atoms with Crippen molar-refractivity contribution in [1.29, 1.82) is 0 Å². The monoisotopic (exact) mass is 615 g/mol. The Morgan fingerprint density at radius 2 is 1.09 bits per heavy atom. The van der Waals surface area contributed by atoms with Gasteiger partial charge in [-0.05, 0) is 137 Å². The zero-order chi connectivity index (χ0) is 31.1. The maximum absolute atomic E-state index is 7.28. The minimum Gasteiger partial charge on any atom is -0.309 e. The fraction of sp³-hybridized carbons (Fsp3) is 0.550. The molecule has 3 aromatic rings. The molecule has 4 aliphatic rings. The number of anilines is 3. The number of halogens is 2. The molecule has 0 saturated heterocycles. The standard InChI is InChI=1S/C40H51Cl2N/c1-37(2,3)28-11-10-12-32(17-28)43(33-18-29(38(4,5)6)16-30(19-33)39(7,8)9)35-21-31(20-34(41)36(35)42)40-22-25-13-26(23-40)15-27(14-25)24-40/h10-12,16-21,25-27H,13-15,22-24H2,1-9H3. The molecule has 0 unspecified atom stereocenters. The molecule has 7 rings (SSSR count). The summed E-state index contributed by atoms with van der Waals surface area (Å²) in [5.41, 5.74) is 8.86. The summed E-state index contributed by atoms with van der Waals surface area (Å²) in [5.74, 6) is 2.59. The Kier molecular flexibility index (Phi) is 7.62. The number of nitrogens with zero attached hydrogens (tertiary/aromatic N) is 1. The van der Waals surface area contributed by atoms with Gasteiger partial charge in [-0.2, -0.15) is 0 Å². The van der Waals surface area contributed by atoms with E-state index in [2.05, 4.69) is 122 Å². The van der Waals surface area contributed by atoms with Crippen LogP contribution in [0.1, 0.15) is 123 Å². The molecule has 0 amide bonds. The van der Waals surface area contributed by atoms with Gasteiger partial charge in [0.1, 0.15) is 0 Å². The van der Waals surface area contributed by atoms with Crippen LogP contribution in [0.4, 0.5) is 17.1 Å². The average Bonchev–Trinajstić information content (AvgIpc) is 2.89. The molecular weight excluding hydrogens is 565 g/mol. The fourth-order valence-electron chi connectivity index (χ4n) is 8.65. The molecule has 0 N–H and O–H groups in total. The average molecular weight is 617 g/mol. The predicted molar refractivity (Wildman–Crippen MR) is 187 cm³/mol. The van der Waals surface area contributed by atoms with Crippen molar-refractivity contribution in [3.63, 3.8) is 0 Å². The quantitative estimate of drug-likeness (QED) is 0.282. The van der Waals surface area contributed by atoms with E-state index in [0.29, 0.717) is 10.0 Å². The van der Waals surface area contributed by atoms with Crippen molar-refractivity contribution in [2.24, 2.45) is 17.8 Å². The molecule has 0 aromatic heterocycles. The number of hydrogen-bond donors (Lipinski definition) is 0. The second-order valence-electron chi connectivity index (χ2n) is 17.4. The summed E-state index contributed by atoms with van der Waals surface area (Å²) in [6.07, 6.45) is 8.16. The first-order valence-electron chi connectivity index (χ1n) is 16.5. The van der Waals surface area contributed by atoms with E-state index in [1.165, 1.54) is 60.8 Å². The second kappa shape index (κ2) is 10.6. The molecule has 1 nitrogen and oxygen atoms in total. The van der Waals surface area contributed by atoms with E-state index < -0.39 is 0 Å². The molecule has 0 aliphatic heterocycles. The lowest BCUT2D eigenvalue weighted by Gasteiger charge is -2.57. The van der Waals surface area contributed by atoms with Crippen molar-refractivity contribution < 1.29 is 0 Å². The van der Waals surface area contributed by atoms with Crippen LogP contribution in [-0.2, 0) is 21.7 Å². The highest BCUT2D eigenvalue weighted by molar-refractivity contribution is 6.44. The van der Waals surface area contributed by atoms with Crippen LogP contribution in [0.5, 0.6) is 0 Å². The zero-order valence-electron chi connectivity index (χ0n) is 27.9. The molecule has 4 aliphatic carbocycles. The summed E-state index contributed by atoms with van der Waals surface area (Å²) in [4.78, 5) is 2.40. The van der Waals surface area contributed by atoms with Crippen molar-refractivity contribution in [2.75, 3.05) is 4.90 Å². The normalized spacial score (nSPS) is 25.3. The van der Waals surface area contributed by atoms with E-state index in [1.54, 1.807) is 0 Å². The van der Waals surface area contributed by atoms with E-state index in [0.717, 1.165) is 34.8 Å². The summed E-state index contributed by atoms with van der Waals surface area (Å²) < 4.78 is 0. The van der Waals surface area contributed by atoms with Crippen molar-refractivity contribution in [1.82, 2.24) is 0 Å². The lowest BCUT2D eigenvalue weighted by atomic mass is 9.48. The summed E-state index contributed by atoms with van der Waals surface area (Å²) in [7, 11) is 0. The SMILES string of the molecule is CC(C)(C)c1cccc(N(c2cc(C(C)(C)C)cc(C(C)(C)C)c2)c2cc(C34CC5CC(CC(C5)C3)C4)cc(Cl)c2Cl)c1. The highest BCUT2D eigenvalue weighted by Gasteiger charge is 2.52. The third kappa shape index (κ3) is 5.91. The van der Waals surface area contributed by atoms with E-state index in [4.69, 9.17) is 23.2 Å². The van der Waals surface area contributed by atoms with Crippen LogP contribution in [0.25, 0.3) is 0 Å². The molecule has 0 atom stereocenters. The van der Waals surface area contributed by atoms with Gasteiger partial charge in [0.2, 0.25) is 0 Å². The summed E-state index contributed by atoms with van der Waals surface area (Å²) in [6.45, 7) is 20.7. The van der Waals surface area contributed by atoms with Crippen LogP contribution in [0.15, 0.2) is 54.6 Å². The van der Waals surface area contributed by atoms with Crippen molar-refractivity contribution in [3.8, 4) is 0 Å². The highest BCUT2D eigenvalue weighted by Crippen LogP contribution is 2.61. The Bertz CT molecular complexity index is 1460. The van der Waals surface area contributed by atoms with E-state index >= 15 is 0 Å². The van der Waals surface area contributed by atoms with Crippen molar-refractivity contribution in [2.45, 2.75) is 122 Å². The van der Waals surface area contributed by atoms with Gasteiger partial charge >= 0.3 is 0 Å². The molecule has 3 heteroatoms. The number of benzene rings is 3. The Morgan fingerprint density at radius 3 is 1.58 bits per heavy atom. The van der Waals surface area contributed by atoms with Crippen LogP contribution >= 0.6 is 23.2 Å². The van der Waals surface area contributed by atoms with Crippen LogP contribution in [0.3, 0.4) is 0 Å². The van der Waals surface area contributed by atoms with Gasteiger partial charge in [0.05, 0.1) is 15.7 Å². The summed E-state index contributed by atoms with van der Waals surface area (Å²) in [6, 6.07) is 20.8. The first-order chi connectivity index (χ1) is 19.9. The van der Waals surface area contributed by atoms with Crippen molar-refractivity contribution >= 4 is 40.3 Å². The molecule has 4 bridgehead atoms. The first kappa shape index (κ1) is 31.0. The lowest BCUT2D eigenvalue weighted by Crippen LogP contribution is -2.48. The fourth-order valence-corrected chi connectivity index (χ4v) is 9.06. The highest BCUT2D eigenvalue weighted by atomic mass is 35.5. The topological polar surface area (TPSA) is 3.24 Å². The van der Waals surface area contributed by atoms with Crippen LogP contribution in [0.2, 0.25) is 10.0 Å². The third-order valence-corrected chi connectivity index (χ3v) is 11.6. The molecule has 0 heterocycles. The Labute approximate surface area is 271 Å². The van der Waals surface area contributed by atoms with Gasteiger partial charge in [-0.25, -0.2) is 0 Å². The molecule has 4 fully saturated rings. The maximum Gasteiger partial charge on any atom is 0.0833 e. The van der Waals surface area contributed by atoms with Gasteiger partial charge in [0.15, 0.2) is 0 Å². The Hall–Kier alpha value is -1.96. The molecule has 0 spiro atoms. The van der Waals surface area contributed by atoms with E-state index in [1.807, 2.05) is 0 Å². The lowest BCUT2D eigenvalue weighted by molar-refractivity contribution is -0.00516. The largest absolute Gasteiger partial charge is 0.309 e. The van der Waals surface area contributed by atoms with E-state index in [-0.39, 0.29) is 21.7 Å². The van der Waals surface area contributed by atoms with Gasteiger partial charge in [-0.3, -0.25) is 0 Å². The van der Waals surface area contributed by atoms with Crippen LogP contribution < -0.4 is 4.90 Å². The third-order valence-electron chi connectivity index (χ3n) is 10.8. The van der Waals surface area contributed by atoms with E-state index in [9.17, 15) is 0 Å². The summed E-state index contributed by atoms with van der Waals surface area (Å²) in [5, 5.41) is 1.31. The Balaban J connectivity index is 1.60. The number of rotatable bonds is 4. The zero-order valence-corrected chi connectivity index (χ0v) is 29.4. The molecular formula is C40H51Cl2N. The van der Waals surface area contributed by atoms with Gasteiger partial charge in [-0.15, -0.1) is 0 Å². The summed E-state index contributed by atoms with van der Waals surface area (Å²) >= 11 is 14.4. The second-order valence-corrected chi connectivity index (χ2v) is 18.2. The molecule has 4 saturated carbocycles. The van der Waals surface area contributed by atoms with Crippen LogP contribution in [0, 0.1) is 17.8 Å². The molecule has 3 aromatic carbocycles. The number of hydrogen-bond acceptors (Lipinski definition) is 1. The minimum absolute atomic E-state index is 0.00256. The minimum atomic E-state index is -0.00256. The molecule has 0 radical (unpaired) electrons. The predicted octanol–water partition coefficient (Wildman–Crippen LogP) is 12.8. The Morgan fingerprint density at radius 1 is 0.605 bits per heavy atom.